The van der Waals surface area contributed by atoms with Gasteiger partial charge in [0.1, 0.15) is 11.2 Å². The van der Waals surface area contributed by atoms with E-state index in [1.54, 1.807) is 12.3 Å². The van der Waals surface area contributed by atoms with Gasteiger partial charge >= 0.3 is 0 Å². The largest absolute Gasteiger partial charge is 0.349 e. The predicted octanol–water partition coefficient (Wildman–Crippen LogP) is 3.21. The third-order valence-corrected chi connectivity index (χ3v) is 5.46. The smallest absolute Gasteiger partial charge is 0.253 e. The summed E-state index contributed by atoms with van der Waals surface area (Å²) in [6.45, 7) is 1.35. The molecule has 1 aliphatic carbocycles. The van der Waals surface area contributed by atoms with E-state index in [2.05, 4.69) is 25.2 Å². The summed E-state index contributed by atoms with van der Waals surface area (Å²) in [7, 11) is 0. The van der Waals surface area contributed by atoms with E-state index < -0.39 is 5.67 Å². The number of fused-ring (bicyclic) bond motifs is 1. The van der Waals surface area contributed by atoms with Crippen LogP contribution in [-0.4, -0.2) is 45.7 Å². The second kappa shape index (κ2) is 9.17. The summed E-state index contributed by atoms with van der Waals surface area (Å²) in [5, 5.41) is 5.85. The van der Waals surface area contributed by atoms with Crippen molar-refractivity contribution in [1.82, 2.24) is 25.2 Å². The lowest BCUT2D eigenvalue weighted by molar-refractivity contribution is 0.0837. The average molecular weight is 418 g/mol. The zero-order valence-electron chi connectivity index (χ0n) is 15.1. The molecule has 2 aromatic heterocycles. The third-order valence-electron chi connectivity index (χ3n) is 5.46. The first-order valence-electron chi connectivity index (χ1n) is 9.15. The van der Waals surface area contributed by atoms with Gasteiger partial charge < -0.3 is 15.2 Å². The Bertz CT molecular complexity index is 772. The molecule has 3 heterocycles. The topological polar surface area (TPSA) is 71.8 Å². The molecule has 6 nitrogen and oxygen atoms in total. The zero-order valence-corrected chi connectivity index (χ0v) is 16.8. The van der Waals surface area contributed by atoms with E-state index in [9.17, 15) is 9.18 Å². The van der Waals surface area contributed by atoms with Gasteiger partial charge in [-0.25, -0.2) is 14.4 Å². The number of carbonyl (C=O) groups is 1. The lowest BCUT2D eigenvalue weighted by Gasteiger charge is -2.30. The Morgan fingerprint density at radius 3 is 2.67 bits per heavy atom. The highest BCUT2D eigenvalue weighted by atomic mass is 35.5. The third kappa shape index (κ3) is 4.70. The summed E-state index contributed by atoms with van der Waals surface area (Å²) in [6.07, 6.45) is 9.04. The molecule has 4 rings (SSSR count). The van der Waals surface area contributed by atoms with Gasteiger partial charge in [0.05, 0.1) is 18.4 Å². The molecule has 0 unspecified atom stereocenters. The van der Waals surface area contributed by atoms with Crippen LogP contribution in [-0.2, 0) is 0 Å². The highest BCUT2D eigenvalue weighted by Crippen LogP contribution is 2.31. The molecular formula is C18H26Cl2FN5O. The first-order chi connectivity index (χ1) is 12.1. The normalized spacial score (nSPS) is 19.3. The van der Waals surface area contributed by atoms with Gasteiger partial charge in [0.25, 0.3) is 5.91 Å². The molecule has 2 fully saturated rings. The van der Waals surface area contributed by atoms with E-state index in [4.69, 9.17) is 0 Å². The standard InChI is InChI=1S/C18H24FN5O.2ClH/c19-18(5-7-20-8-6-18)11-22-17(25)13-9-15-16(21-10-13)24(12-23-15)14-3-1-2-4-14;;/h9-10,12,14,20H,1-8,11H2,(H,22,25);2*1H. The van der Waals surface area contributed by atoms with Gasteiger partial charge in [-0.05, 0) is 44.8 Å². The summed E-state index contributed by atoms with van der Waals surface area (Å²) in [6, 6.07) is 2.21. The first-order valence-corrected chi connectivity index (χ1v) is 9.15. The van der Waals surface area contributed by atoms with Crippen LogP contribution in [0.1, 0.15) is 54.9 Å². The molecule has 0 atom stereocenters. The zero-order chi connectivity index (χ0) is 17.3. The van der Waals surface area contributed by atoms with Crippen molar-refractivity contribution in [3.05, 3.63) is 24.2 Å². The molecule has 1 aliphatic heterocycles. The molecule has 27 heavy (non-hydrogen) atoms. The van der Waals surface area contributed by atoms with Gasteiger partial charge in [-0.3, -0.25) is 4.79 Å². The molecule has 0 radical (unpaired) electrons. The lowest BCUT2D eigenvalue weighted by atomic mass is 9.94. The Balaban J connectivity index is 0.00000131. The Morgan fingerprint density at radius 1 is 1.26 bits per heavy atom. The summed E-state index contributed by atoms with van der Waals surface area (Å²) in [5.74, 6) is -0.291. The highest BCUT2D eigenvalue weighted by molar-refractivity contribution is 5.96. The number of hydrogen-bond acceptors (Lipinski definition) is 4. The molecule has 0 bridgehead atoms. The van der Waals surface area contributed by atoms with Crippen LogP contribution in [0, 0.1) is 0 Å². The van der Waals surface area contributed by atoms with Crippen LogP contribution in [0.15, 0.2) is 18.6 Å². The van der Waals surface area contributed by atoms with E-state index in [0.717, 1.165) is 24.0 Å². The molecular weight excluding hydrogens is 392 g/mol. The van der Waals surface area contributed by atoms with E-state index in [1.165, 1.54) is 12.8 Å². The highest BCUT2D eigenvalue weighted by Gasteiger charge is 2.32. The van der Waals surface area contributed by atoms with Gasteiger partial charge in [-0.15, -0.1) is 24.8 Å². The van der Waals surface area contributed by atoms with Crippen LogP contribution in [0.2, 0.25) is 0 Å². The second-order valence-corrected chi connectivity index (χ2v) is 7.24. The number of carbonyl (C=O) groups excluding carboxylic acids is 1. The number of imidazole rings is 1. The molecule has 0 aromatic carbocycles. The fourth-order valence-electron chi connectivity index (χ4n) is 3.89. The van der Waals surface area contributed by atoms with Crippen LogP contribution in [0.4, 0.5) is 4.39 Å². The van der Waals surface area contributed by atoms with Gasteiger partial charge in [-0.2, -0.15) is 0 Å². The van der Waals surface area contributed by atoms with Crippen molar-refractivity contribution in [3.8, 4) is 0 Å². The lowest BCUT2D eigenvalue weighted by Crippen LogP contribution is -2.46. The summed E-state index contributed by atoms with van der Waals surface area (Å²) >= 11 is 0. The minimum absolute atomic E-state index is 0. The monoisotopic (exact) mass is 417 g/mol. The molecule has 1 saturated heterocycles. The maximum absolute atomic E-state index is 14.6. The maximum atomic E-state index is 14.6. The van der Waals surface area contributed by atoms with E-state index >= 15 is 0 Å². The van der Waals surface area contributed by atoms with Crippen LogP contribution >= 0.6 is 24.8 Å². The minimum Gasteiger partial charge on any atom is -0.349 e. The van der Waals surface area contributed by atoms with Crippen molar-refractivity contribution in [2.45, 2.75) is 50.2 Å². The van der Waals surface area contributed by atoms with Gasteiger partial charge in [-0.1, -0.05) is 12.8 Å². The minimum atomic E-state index is -1.32. The second-order valence-electron chi connectivity index (χ2n) is 7.24. The summed E-state index contributed by atoms with van der Waals surface area (Å²) in [4.78, 5) is 21.2. The fraction of sp³-hybridized carbons (Fsp3) is 0.611. The molecule has 2 N–H and O–H groups in total. The molecule has 0 spiro atoms. The number of rotatable bonds is 4. The first kappa shape index (κ1) is 21.9. The number of hydrogen-bond donors (Lipinski definition) is 2. The predicted molar refractivity (Wildman–Crippen MR) is 108 cm³/mol. The van der Waals surface area contributed by atoms with Gasteiger partial charge in [0.2, 0.25) is 0 Å². The molecule has 1 saturated carbocycles. The fourth-order valence-corrected chi connectivity index (χ4v) is 3.89. The van der Waals surface area contributed by atoms with Crippen molar-refractivity contribution in [2.24, 2.45) is 0 Å². The van der Waals surface area contributed by atoms with Crippen molar-refractivity contribution >= 4 is 41.9 Å². The van der Waals surface area contributed by atoms with Gasteiger partial charge in [0.15, 0.2) is 5.65 Å². The number of nitrogens with one attached hydrogen (secondary N) is 2. The summed E-state index contributed by atoms with van der Waals surface area (Å²) in [5.41, 5.74) is 0.657. The van der Waals surface area contributed by atoms with Gasteiger partial charge in [0, 0.05) is 12.2 Å². The van der Waals surface area contributed by atoms with Crippen LogP contribution < -0.4 is 10.6 Å². The number of aromatic nitrogens is 3. The molecule has 150 valence electrons. The molecule has 1 amide bonds. The number of piperidine rings is 1. The Kier molecular flexibility index (Phi) is 7.42. The number of halogens is 3. The van der Waals surface area contributed by atoms with Crippen molar-refractivity contribution in [1.29, 1.82) is 0 Å². The quantitative estimate of drug-likeness (QED) is 0.800. The number of pyridine rings is 1. The van der Waals surface area contributed by atoms with Crippen LogP contribution in [0.25, 0.3) is 11.2 Å². The van der Waals surface area contributed by atoms with Crippen molar-refractivity contribution < 1.29 is 9.18 Å². The Hall–Kier alpha value is -1.44. The Morgan fingerprint density at radius 2 is 1.96 bits per heavy atom. The van der Waals surface area contributed by atoms with Crippen molar-refractivity contribution in [2.75, 3.05) is 19.6 Å². The number of nitrogens with zero attached hydrogens (tertiary/aromatic N) is 3. The Labute approximate surface area is 170 Å². The number of alkyl halides is 1. The van der Waals surface area contributed by atoms with E-state index in [0.29, 0.717) is 37.5 Å². The van der Waals surface area contributed by atoms with E-state index in [-0.39, 0.29) is 37.3 Å². The van der Waals surface area contributed by atoms with Crippen LogP contribution in [0.3, 0.4) is 0 Å². The average Bonchev–Trinajstić information content (AvgIpc) is 3.29. The SMILES string of the molecule is Cl.Cl.O=C(NCC1(F)CCNCC1)c1cnc2c(c1)ncn2C1CCCC1. The number of amides is 1. The van der Waals surface area contributed by atoms with Crippen molar-refractivity contribution in [3.63, 3.8) is 0 Å². The molecule has 2 aromatic rings. The molecule has 2 aliphatic rings. The van der Waals surface area contributed by atoms with E-state index in [1.807, 2.05) is 6.33 Å². The maximum Gasteiger partial charge on any atom is 0.253 e. The molecule has 9 heteroatoms. The van der Waals surface area contributed by atoms with Crippen LogP contribution in [0.5, 0.6) is 0 Å². The summed E-state index contributed by atoms with van der Waals surface area (Å²) < 4.78 is 16.7.